The number of ether oxygens (including phenoxy) is 2. The van der Waals surface area contributed by atoms with Crippen LogP contribution in [-0.4, -0.2) is 0 Å². The van der Waals surface area contributed by atoms with E-state index in [1.807, 2.05) is 36.4 Å². The Bertz CT molecular complexity index is 2040. The second-order valence-corrected chi connectivity index (χ2v) is 10.7. The van der Waals surface area contributed by atoms with Crippen molar-refractivity contribution in [3.63, 3.8) is 0 Å². The van der Waals surface area contributed by atoms with Crippen molar-refractivity contribution in [3.05, 3.63) is 157 Å². The molecule has 7 aromatic rings. The smallest absolute Gasteiger partial charge is 0.130 e. The Morgan fingerprint density at radius 3 is 1.52 bits per heavy atom. The van der Waals surface area contributed by atoms with Gasteiger partial charge in [-0.15, -0.1) is 0 Å². The summed E-state index contributed by atoms with van der Waals surface area (Å²) in [4.78, 5) is 0. The molecule has 42 heavy (non-hydrogen) atoms. The molecule has 2 heteroatoms. The maximum atomic E-state index is 6.22. The Hall–Kier alpha value is -5.34. The van der Waals surface area contributed by atoms with Crippen LogP contribution in [0.1, 0.15) is 11.1 Å². The van der Waals surface area contributed by atoms with Crippen LogP contribution in [0.2, 0.25) is 0 Å². The SMILES string of the molecule is Cc1ccccc1Oc1ccc(-c2ccc3c(ccc4ccccc43)c2-c2ccc(Oc3ccccc3C)cc2)cc1. The van der Waals surface area contributed by atoms with E-state index in [1.165, 1.54) is 32.7 Å². The van der Waals surface area contributed by atoms with Gasteiger partial charge >= 0.3 is 0 Å². The number of benzene rings is 7. The Morgan fingerprint density at radius 2 is 0.905 bits per heavy atom. The molecule has 0 saturated heterocycles. The van der Waals surface area contributed by atoms with Gasteiger partial charge in [-0.25, -0.2) is 0 Å². The molecule has 0 spiro atoms. The van der Waals surface area contributed by atoms with Gasteiger partial charge in [-0.05, 0) is 105 Å². The van der Waals surface area contributed by atoms with E-state index in [2.05, 4.69) is 123 Å². The van der Waals surface area contributed by atoms with Gasteiger partial charge in [0.15, 0.2) is 0 Å². The standard InChI is InChI=1S/C40H30O2/c1-27-9-3-7-13-38(27)41-32-20-15-30(16-21-32)35-25-26-36-34-12-6-5-11-29(34)19-24-37(36)40(35)31-17-22-33(23-18-31)42-39-14-8-4-10-28(39)2/h3-26H,1-2H3. The van der Waals surface area contributed by atoms with Gasteiger partial charge in [0.1, 0.15) is 23.0 Å². The van der Waals surface area contributed by atoms with Crippen molar-refractivity contribution in [1.82, 2.24) is 0 Å². The summed E-state index contributed by atoms with van der Waals surface area (Å²) < 4.78 is 12.4. The van der Waals surface area contributed by atoms with Crippen molar-refractivity contribution in [3.8, 4) is 45.3 Å². The van der Waals surface area contributed by atoms with Gasteiger partial charge in [-0.2, -0.15) is 0 Å². The van der Waals surface area contributed by atoms with Crippen LogP contribution in [0.5, 0.6) is 23.0 Å². The van der Waals surface area contributed by atoms with Crippen molar-refractivity contribution in [2.75, 3.05) is 0 Å². The van der Waals surface area contributed by atoms with Gasteiger partial charge in [0.25, 0.3) is 0 Å². The molecule has 0 aliphatic rings. The molecular weight excluding hydrogens is 512 g/mol. The summed E-state index contributed by atoms with van der Waals surface area (Å²) in [6, 6.07) is 50.6. The molecule has 0 fully saturated rings. The summed E-state index contributed by atoms with van der Waals surface area (Å²) in [6.07, 6.45) is 0. The molecule has 0 amide bonds. The minimum absolute atomic E-state index is 0.818. The van der Waals surface area contributed by atoms with Crippen LogP contribution < -0.4 is 9.47 Å². The molecule has 0 saturated carbocycles. The summed E-state index contributed by atoms with van der Waals surface area (Å²) >= 11 is 0. The van der Waals surface area contributed by atoms with Crippen LogP contribution >= 0.6 is 0 Å². The van der Waals surface area contributed by atoms with Gasteiger partial charge in [0.05, 0.1) is 0 Å². The molecule has 202 valence electrons. The second-order valence-electron chi connectivity index (χ2n) is 10.7. The summed E-state index contributed by atoms with van der Waals surface area (Å²) in [5.74, 6) is 3.38. The van der Waals surface area contributed by atoms with Crippen molar-refractivity contribution < 1.29 is 9.47 Å². The molecule has 0 atom stereocenters. The van der Waals surface area contributed by atoms with Crippen molar-refractivity contribution in [1.29, 1.82) is 0 Å². The lowest BCUT2D eigenvalue weighted by Crippen LogP contribution is -1.91. The van der Waals surface area contributed by atoms with E-state index >= 15 is 0 Å². The number of fused-ring (bicyclic) bond motifs is 3. The highest BCUT2D eigenvalue weighted by Crippen LogP contribution is 2.41. The topological polar surface area (TPSA) is 18.5 Å². The molecule has 0 bridgehead atoms. The normalized spacial score (nSPS) is 11.1. The molecule has 0 N–H and O–H groups in total. The van der Waals surface area contributed by atoms with E-state index in [4.69, 9.17) is 9.47 Å². The Morgan fingerprint density at radius 1 is 0.381 bits per heavy atom. The van der Waals surface area contributed by atoms with Gasteiger partial charge in [0.2, 0.25) is 0 Å². The highest BCUT2D eigenvalue weighted by atomic mass is 16.5. The van der Waals surface area contributed by atoms with Crippen LogP contribution in [0.25, 0.3) is 43.8 Å². The zero-order valence-electron chi connectivity index (χ0n) is 23.7. The summed E-state index contributed by atoms with van der Waals surface area (Å²) in [5, 5.41) is 4.96. The molecule has 0 radical (unpaired) electrons. The summed E-state index contributed by atoms with van der Waals surface area (Å²) in [7, 11) is 0. The maximum absolute atomic E-state index is 6.22. The van der Waals surface area contributed by atoms with E-state index in [9.17, 15) is 0 Å². The lowest BCUT2D eigenvalue weighted by molar-refractivity contribution is 0.479. The molecular formula is C40H30O2. The maximum Gasteiger partial charge on any atom is 0.130 e. The number of hydrogen-bond donors (Lipinski definition) is 0. The fourth-order valence-electron chi connectivity index (χ4n) is 5.63. The number of aryl methyl sites for hydroxylation is 2. The quantitative estimate of drug-likeness (QED) is 0.195. The molecule has 0 unspecified atom stereocenters. The molecule has 0 aliphatic heterocycles. The Kier molecular flexibility index (Phi) is 6.65. The average molecular weight is 543 g/mol. The third kappa shape index (κ3) is 4.88. The first-order chi connectivity index (χ1) is 20.6. The molecule has 0 aliphatic carbocycles. The van der Waals surface area contributed by atoms with Crippen LogP contribution in [0.15, 0.2) is 146 Å². The number of hydrogen-bond acceptors (Lipinski definition) is 2. The molecule has 0 aromatic heterocycles. The first-order valence-electron chi connectivity index (χ1n) is 14.3. The third-order valence-corrected chi connectivity index (χ3v) is 7.88. The third-order valence-electron chi connectivity index (χ3n) is 7.88. The summed E-state index contributed by atoms with van der Waals surface area (Å²) in [5.41, 5.74) is 6.88. The number of rotatable bonds is 6. The Balaban J connectivity index is 1.32. The van der Waals surface area contributed by atoms with Crippen LogP contribution in [0, 0.1) is 13.8 Å². The molecule has 7 rings (SSSR count). The summed E-state index contributed by atoms with van der Waals surface area (Å²) in [6.45, 7) is 4.12. The fourth-order valence-corrected chi connectivity index (χ4v) is 5.63. The van der Waals surface area contributed by atoms with E-state index in [1.54, 1.807) is 0 Å². The number of para-hydroxylation sites is 2. The largest absolute Gasteiger partial charge is 0.457 e. The average Bonchev–Trinajstić information content (AvgIpc) is 3.03. The predicted molar refractivity (Wildman–Crippen MR) is 175 cm³/mol. The van der Waals surface area contributed by atoms with Gasteiger partial charge in [-0.3, -0.25) is 0 Å². The first-order valence-corrected chi connectivity index (χ1v) is 14.3. The second kappa shape index (κ2) is 10.9. The zero-order valence-corrected chi connectivity index (χ0v) is 23.7. The van der Waals surface area contributed by atoms with Crippen LogP contribution in [-0.2, 0) is 0 Å². The van der Waals surface area contributed by atoms with E-state index in [-0.39, 0.29) is 0 Å². The molecule has 7 aromatic carbocycles. The Labute approximate surface area is 246 Å². The lowest BCUT2D eigenvalue weighted by Gasteiger charge is -2.17. The van der Waals surface area contributed by atoms with Gasteiger partial charge < -0.3 is 9.47 Å². The molecule has 0 heterocycles. The fraction of sp³-hybridized carbons (Fsp3) is 0.0500. The highest BCUT2D eigenvalue weighted by molar-refractivity contribution is 6.14. The minimum atomic E-state index is 0.818. The van der Waals surface area contributed by atoms with E-state index in [0.29, 0.717) is 0 Å². The van der Waals surface area contributed by atoms with Crippen LogP contribution in [0.3, 0.4) is 0 Å². The minimum Gasteiger partial charge on any atom is -0.457 e. The first kappa shape index (κ1) is 25.6. The monoisotopic (exact) mass is 542 g/mol. The van der Waals surface area contributed by atoms with Gasteiger partial charge in [0, 0.05) is 0 Å². The van der Waals surface area contributed by atoms with E-state index in [0.717, 1.165) is 45.3 Å². The van der Waals surface area contributed by atoms with Crippen molar-refractivity contribution in [2.45, 2.75) is 13.8 Å². The highest BCUT2D eigenvalue weighted by Gasteiger charge is 2.15. The van der Waals surface area contributed by atoms with Crippen LogP contribution in [0.4, 0.5) is 0 Å². The lowest BCUT2D eigenvalue weighted by atomic mass is 9.88. The molecule has 2 nitrogen and oxygen atoms in total. The predicted octanol–water partition coefficient (Wildman–Crippen LogP) is 11.5. The van der Waals surface area contributed by atoms with E-state index < -0.39 is 0 Å². The zero-order chi connectivity index (χ0) is 28.5. The van der Waals surface area contributed by atoms with Gasteiger partial charge in [-0.1, -0.05) is 109 Å². The van der Waals surface area contributed by atoms with Crippen molar-refractivity contribution >= 4 is 21.5 Å². The van der Waals surface area contributed by atoms with Crippen molar-refractivity contribution in [2.24, 2.45) is 0 Å².